The van der Waals surface area contributed by atoms with Crippen molar-refractivity contribution in [2.24, 2.45) is 0 Å². The van der Waals surface area contributed by atoms with Gasteiger partial charge in [-0.3, -0.25) is 4.79 Å². The van der Waals surface area contributed by atoms with E-state index in [1.54, 1.807) is 19.1 Å². The quantitative estimate of drug-likeness (QED) is 0.851. The van der Waals surface area contributed by atoms with E-state index in [4.69, 9.17) is 9.47 Å². The van der Waals surface area contributed by atoms with Crippen LogP contribution in [0, 0.1) is 0 Å². The summed E-state index contributed by atoms with van der Waals surface area (Å²) in [4.78, 5) is 14.3. The molecule has 0 saturated heterocycles. The van der Waals surface area contributed by atoms with Gasteiger partial charge in [0, 0.05) is 23.4 Å². The van der Waals surface area contributed by atoms with E-state index in [2.05, 4.69) is 0 Å². The average Bonchev–Trinajstić information content (AvgIpc) is 2.67. The summed E-state index contributed by atoms with van der Waals surface area (Å²) in [6.07, 6.45) is 0. The number of amides is 1. The molecule has 1 amide bonds. The molecule has 4 nitrogen and oxygen atoms in total. The molecule has 0 N–H and O–H groups in total. The number of ether oxygens (including phenoxy) is 2. The van der Waals surface area contributed by atoms with Gasteiger partial charge in [-0.05, 0) is 13.8 Å². The normalized spacial score (nSPS) is 16.2. The Bertz CT molecular complexity index is 749. The Morgan fingerprint density at radius 2 is 1.57 bits per heavy atom. The van der Waals surface area contributed by atoms with Crippen molar-refractivity contribution in [2.75, 3.05) is 26.2 Å². The molecule has 110 valence electrons. The minimum Gasteiger partial charge on any atom is -0.492 e. The molecular weight excluding hydrogens is 266 g/mol. The third-order valence-corrected chi connectivity index (χ3v) is 4.30. The predicted molar refractivity (Wildman–Crippen MR) is 83.5 cm³/mol. The maximum Gasteiger partial charge on any atom is 0.237 e. The Hall–Kier alpha value is -2.23. The van der Waals surface area contributed by atoms with Crippen molar-refractivity contribution in [3.05, 3.63) is 29.8 Å². The molecule has 1 aliphatic rings. The molecule has 4 heteroatoms. The van der Waals surface area contributed by atoms with Gasteiger partial charge >= 0.3 is 0 Å². The predicted octanol–water partition coefficient (Wildman–Crippen LogP) is 3.11. The van der Waals surface area contributed by atoms with Crippen molar-refractivity contribution in [3.8, 4) is 11.5 Å². The van der Waals surface area contributed by atoms with Crippen molar-refractivity contribution in [1.82, 2.24) is 0 Å². The SMILES string of the molecule is COc1c2c(c3ccccc3c1OC)N(C)C(=O)C2(C)C. The van der Waals surface area contributed by atoms with Crippen LogP contribution in [0.1, 0.15) is 19.4 Å². The molecule has 0 aliphatic carbocycles. The fourth-order valence-corrected chi connectivity index (χ4v) is 3.32. The largest absolute Gasteiger partial charge is 0.492 e. The molecule has 0 spiro atoms. The Kier molecular flexibility index (Phi) is 2.87. The summed E-state index contributed by atoms with van der Waals surface area (Å²) in [5.74, 6) is 1.39. The van der Waals surface area contributed by atoms with Gasteiger partial charge in [-0.15, -0.1) is 0 Å². The first-order valence-electron chi connectivity index (χ1n) is 6.90. The molecule has 0 bridgehead atoms. The third kappa shape index (κ3) is 1.59. The number of nitrogens with zero attached hydrogens (tertiary/aromatic N) is 1. The monoisotopic (exact) mass is 285 g/mol. The van der Waals surface area contributed by atoms with Crippen LogP contribution in [0.3, 0.4) is 0 Å². The first-order valence-corrected chi connectivity index (χ1v) is 6.90. The third-order valence-electron chi connectivity index (χ3n) is 4.30. The fourth-order valence-electron chi connectivity index (χ4n) is 3.32. The van der Waals surface area contributed by atoms with Gasteiger partial charge in [0.1, 0.15) is 0 Å². The molecule has 0 atom stereocenters. The molecule has 2 aromatic rings. The summed E-state index contributed by atoms with van der Waals surface area (Å²) >= 11 is 0. The van der Waals surface area contributed by atoms with Crippen LogP contribution in [0.2, 0.25) is 0 Å². The summed E-state index contributed by atoms with van der Waals surface area (Å²) in [5, 5.41) is 1.96. The van der Waals surface area contributed by atoms with Crippen molar-refractivity contribution in [3.63, 3.8) is 0 Å². The zero-order valence-electron chi connectivity index (χ0n) is 13.0. The second-order valence-corrected chi connectivity index (χ2v) is 5.82. The second-order valence-electron chi connectivity index (χ2n) is 5.82. The lowest BCUT2D eigenvalue weighted by atomic mass is 9.84. The van der Waals surface area contributed by atoms with E-state index in [1.807, 2.05) is 45.2 Å². The van der Waals surface area contributed by atoms with Gasteiger partial charge in [-0.2, -0.15) is 0 Å². The number of anilines is 1. The summed E-state index contributed by atoms with van der Waals surface area (Å²) < 4.78 is 11.2. The Morgan fingerprint density at radius 1 is 1.00 bits per heavy atom. The van der Waals surface area contributed by atoms with E-state index in [1.165, 1.54) is 0 Å². The lowest BCUT2D eigenvalue weighted by Gasteiger charge is -2.21. The van der Waals surface area contributed by atoms with Gasteiger partial charge in [0.25, 0.3) is 0 Å². The van der Waals surface area contributed by atoms with Gasteiger partial charge in [0.15, 0.2) is 11.5 Å². The number of carbonyl (C=O) groups is 1. The Balaban J connectivity index is 2.56. The van der Waals surface area contributed by atoms with E-state index in [-0.39, 0.29) is 5.91 Å². The first kappa shape index (κ1) is 13.7. The lowest BCUT2D eigenvalue weighted by Crippen LogP contribution is -2.33. The number of rotatable bonds is 2. The Morgan fingerprint density at radius 3 is 2.14 bits per heavy atom. The lowest BCUT2D eigenvalue weighted by molar-refractivity contribution is -0.121. The molecule has 21 heavy (non-hydrogen) atoms. The highest BCUT2D eigenvalue weighted by Crippen LogP contribution is 2.54. The molecule has 1 aliphatic heterocycles. The Labute approximate surface area is 124 Å². The van der Waals surface area contributed by atoms with Crippen LogP contribution in [0.15, 0.2) is 24.3 Å². The molecule has 0 radical (unpaired) electrons. The second kappa shape index (κ2) is 4.38. The summed E-state index contributed by atoms with van der Waals surface area (Å²) in [7, 11) is 5.06. The number of hydrogen-bond donors (Lipinski definition) is 0. The highest BCUT2D eigenvalue weighted by Gasteiger charge is 2.46. The molecule has 0 unspecified atom stereocenters. The number of hydrogen-bond acceptors (Lipinski definition) is 3. The van der Waals surface area contributed by atoms with Crippen LogP contribution in [-0.2, 0) is 10.2 Å². The molecule has 2 aromatic carbocycles. The molecule has 0 fully saturated rings. The van der Waals surface area contributed by atoms with Crippen molar-refractivity contribution >= 4 is 22.4 Å². The van der Waals surface area contributed by atoms with Crippen LogP contribution < -0.4 is 14.4 Å². The molecule has 0 aromatic heterocycles. The van der Waals surface area contributed by atoms with Gasteiger partial charge in [-0.25, -0.2) is 0 Å². The number of fused-ring (bicyclic) bond motifs is 3. The van der Waals surface area contributed by atoms with E-state index >= 15 is 0 Å². The molecule has 0 saturated carbocycles. The van der Waals surface area contributed by atoms with Crippen LogP contribution in [-0.4, -0.2) is 27.2 Å². The van der Waals surface area contributed by atoms with Crippen LogP contribution in [0.25, 0.3) is 10.8 Å². The maximum absolute atomic E-state index is 12.6. The zero-order valence-corrected chi connectivity index (χ0v) is 13.0. The van der Waals surface area contributed by atoms with Crippen molar-refractivity contribution < 1.29 is 14.3 Å². The molecular formula is C17H19NO3. The van der Waals surface area contributed by atoms with E-state index in [9.17, 15) is 4.79 Å². The minimum absolute atomic E-state index is 0.0641. The molecule has 3 rings (SSSR count). The van der Waals surface area contributed by atoms with Crippen LogP contribution in [0.4, 0.5) is 5.69 Å². The number of benzene rings is 2. The van der Waals surface area contributed by atoms with Crippen LogP contribution >= 0.6 is 0 Å². The molecule has 1 heterocycles. The summed E-state index contributed by atoms with van der Waals surface area (Å²) in [6.45, 7) is 3.85. The zero-order chi connectivity index (χ0) is 15.4. The van der Waals surface area contributed by atoms with Gasteiger partial charge in [-0.1, -0.05) is 24.3 Å². The van der Waals surface area contributed by atoms with E-state index < -0.39 is 5.41 Å². The maximum atomic E-state index is 12.6. The number of likely N-dealkylation sites (N-methyl/N-ethyl adjacent to an activating group) is 1. The van der Waals surface area contributed by atoms with Gasteiger partial charge < -0.3 is 14.4 Å². The average molecular weight is 285 g/mol. The minimum atomic E-state index is -0.632. The van der Waals surface area contributed by atoms with E-state index in [0.717, 1.165) is 22.0 Å². The fraction of sp³-hybridized carbons (Fsp3) is 0.353. The van der Waals surface area contributed by atoms with Crippen LogP contribution in [0.5, 0.6) is 11.5 Å². The number of methoxy groups -OCH3 is 2. The number of carbonyl (C=O) groups excluding carboxylic acids is 1. The highest BCUT2D eigenvalue weighted by molar-refractivity contribution is 6.17. The van der Waals surface area contributed by atoms with E-state index in [0.29, 0.717) is 11.5 Å². The highest BCUT2D eigenvalue weighted by atomic mass is 16.5. The van der Waals surface area contributed by atoms with Crippen molar-refractivity contribution in [2.45, 2.75) is 19.3 Å². The summed E-state index contributed by atoms with van der Waals surface area (Å²) in [5.41, 5.74) is 1.18. The van der Waals surface area contributed by atoms with Gasteiger partial charge in [0.05, 0.1) is 25.3 Å². The standard InChI is InChI=1S/C17H19NO3/c1-17(2)12-13(18(3)16(17)19)10-8-6-7-9-11(10)14(20-4)15(12)21-5/h6-9H,1-5H3. The first-order chi connectivity index (χ1) is 9.95. The van der Waals surface area contributed by atoms with Gasteiger partial charge in [0.2, 0.25) is 5.91 Å². The smallest absolute Gasteiger partial charge is 0.237 e. The summed E-state index contributed by atoms with van der Waals surface area (Å²) in [6, 6.07) is 7.93. The van der Waals surface area contributed by atoms with Crippen molar-refractivity contribution in [1.29, 1.82) is 0 Å². The topological polar surface area (TPSA) is 38.8 Å².